The number of rotatable bonds is 5. The van der Waals surface area contributed by atoms with E-state index in [9.17, 15) is 0 Å². The number of hydrogen-bond donors (Lipinski definition) is 0. The molecule has 0 saturated carbocycles. The fourth-order valence-electron chi connectivity index (χ4n) is 10.2. The van der Waals surface area contributed by atoms with E-state index in [4.69, 9.17) is 19.7 Å². The lowest BCUT2D eigenvalue weighted by atomic mass is 9.61. The van der Waals surface area contributed by atoms with Gasteiger partial charge in [0.05, 0.1) is 27.8 Å². The summed E-state index contributed by atoms with van der Waals surface area (Å²) in [5, 5.41) is 2.25. The van der Waals surface area contributed by atoms with E-state index in [1.807, 2.05) is 60.7 Å². The van der Waals surface area contributed by atoms with Gasteiger partial charge in [0.15, 0.2) is 17.5 Å². The van der Waals surface area contributed by atoms with Gasteiger partial charge in [0, 0.05) is 50.0 Å². The molecule has 0 radical (unpaired) electrons. The number of para-hydroxylation sites is 5. The van der Waals surface area contributed by atoms with Crippen molar-refractivity contribution in [1.82, 2.24) is 19.5 Å². The summed E-state index contributed by atoms with van der Waals surface area (Å²) in [4.78, 5) is 17.6. The van der Waals surface area contributed by atoms with Gasteiger partial charge in [-0.05, 0) is 71.8 Å². The molecule has 2 aliphatic heterocycles. The van der Waals surface area contributed by atoms with Crippen LogP contribution in [0.15, 0.2) is 224 Å². The summed E-state index contributed by atoms with van der Waals surface area (Å²) >= 11 is 0. The van der Waals surface area contributed by atoms with Gasteiger partial charge in [0.25, 0.3) is 0 Å². The van der Waals surface area contributed by atoms with Crippen molar-refractivity contribution in [3.8, 4) is 51.3 Å². The SMILES string of the molecule is c1ccc(-c2nc(-c3ccccc3)nc(-c3cccc(-n4c5ccccc5c5cc6c(cc54)C4(c5ccccc5O6)c5ccccc5N(c5ccccc5)c5ccccc54)c3)n2)cc1. The van der Waals surface area contributed by atoms with Gasteiger partial charge in [-0.15, -0.1) is 0 Å². The van der Waals surface area contributed by atoms with Gasteiger partial charge in [-0.25, -0.2) is 15.0 Å². The third kappa shape index (κ3) is 5.36. The maximum Gasteiger partial charge on any atom is 0.164 e. The Hall–Kier alpha value is -8.61. The standard InChI is InChI=1S/C58H37N5O/c1-4-19-38(20-5-1)55-59-56(39-21-6-2-7-22-39)61-57(60-55)40-23-18-26-42(35-40)63-49-31-14-10-27-43(49)44-36-54-48(37-52(44)63)58(47-30-13-17-34-53(47)64-54)45-28-11-15-32-50(45)62(41-24-8-3-9-25-41)51-33-16-12-29-46(51)58/h1-37H. The fourth-order valence-corrected chi connectivity index (χ4v) is 10.2. The van der Waals surface area contributed by atoms with Crippen LogP contribution in [0.5, 0.6) is 11.5 Å². The molecule has 0 aliphatic carbocycles. The third-order valence-corrected chi connectivity index (χ3v) is 12.9. The molecule has 2 aliphatic rings. The Balaban J connectivity index is 1.07. The fraction of sp³-hybridized carbons (Fsp3) is 0.0172. The zero-order valence-electron chi connectivity index (χ0n) is 34.5. The van der Waals surface area contributed by atoms with Crippen LogP contribution < -0.4 is 9.64 Å². The normalized spacial score (nSPS) is 13.2. The molecule has 2 aromatic heterocycles. The minimum absolute atomic E-state index is 0.607. The van der Waals surface area contributed by atoms with E-state index in [1.165, 1.54) is 11.1 Å². The average molecular weight is 820 g/mol. The van der Waals surface area contributed by atoms with Crippen molar-refractivity contribution in [3.05, 3.63) is 247 Å². The number of benzene rings is 9. The van der Waals surface area contributed by atoms with Crippen LogP contribution in [0.4, 0.5) is 17.1 Å². The lowest BCUT2D eigenvalue weighted by molar-refractivity contribution is 0.435. The van der Waals surface area contributed by atoms with Crippen molar-refractivity contribution in [3.63, 3.8) is 0 Å². The van der Waals surface area contributed by atoms with Crippen LogP contribution in [0.25, 0.3) is 61.7 Å². The van der Waals surface area contributed by atoms with Crippen molar-refractivity contribution in [2.45, 2.75) is 5.41 Å². The Morgan fingerprint density at radius 3 is 1.53 bits per heavy atom. The lowest BCUT2D eigenvalue weighted by Crippen LogP contribution is -2.39. The van der Waals surface area contributed by atoms with Gasteiger partial charge < -0.3 is 14.2 Å². The highest BCUT2D eigenvalue weighted by Crippen LogP contribution is 2.63. The first kappa shape index (κ1) is 36.1. The smallest absolute Gasteiger partial charge is 0.164 e. The molecule has 64 heavy (non-hydrogen) atoms. The Bertz CT molecular complexity index is 3500. The highest BCUT2D eigenvalue weighted by Gasteiger charge is 2.51. The molecule has 1 spiro atoms. The zero-order chi connectivity index (χ0) is 42.2. The second-order valence-corrected chi connectivity index (χ2v) is 16.4. The molecule has 6 nitrogen and oxygen atoms in total. The van der Waals surface area contributed by atoms with Crippen molar-refractivity contribution in [1.29, 1.82) is 0 Å². The monoisotopic (exact) mass is 819 g/mol. The number of anilines is 3. The maximum atomic E-state index is 7.05. The molecular formula is C58H37N5O. The predicted octanol–water partition coefficient (Wildman–Crippen LogP) is 14.2. The summed E-state index contributed by atoms with van der Waals surface area (Å²) < 4.78 is 9.43. The van der Waals surface area contributed by atoms with Gasteiger partial charge in [0.2, 0.25) is 0 Å². The summed E-state index contributed by atoms with van der Waals surface area (Å²) in [6, 6.07) is 79.1. The van der Waals surface area contributed by atoms with Crippen molar-refractivity contribution >= 4 is 38.9 Å². The molecule has 300 valence electrons. The molecule has 0 fully saturated rings. The van der Waals surface area contributed by atoms with E-state index in [0.717, 1.165) is 83.9 Å². The second-order valence-electron chi connectivity index (χ2n) is 16.4. The number of hydrogen-bond acceptors (Lipinski definition) is 5. The topological polar surface area (TPSA) is 56.1 Å². The first-order valence-corrected chi connectivity index (χ1v) is 21.6. The van der Waals surface area contributed by atoms with E-state index in [2.05, 4.69) is 173 Å². The molecule has 9 aromatic carbocycles. The van der Waals surface area contributed by atoms with Gasteiger partial charge in [-0.2, -0.15) is 0 Å². The maximum absolute atomic E-state index is 7.05. The van der Waals surface area contributed by atoms with Crippen LogP contribution in [-0.4, -0.2) is 19.5 Å². The van der Waals surface area contributed by atoms with E-state index >= 15 is 0 Å². The van der Waals surface area contributed by atoms with Gasteiger partial charge >= 0.3 is 0 Å². The highest BCUT2D eigenvalue weighted by atomic mass is 16.5. The number of ether oxygens (including phenoxy) is 1. The second kappa shape index (κ2) is 14.2. The van der Waals surface area contributed by atoms with Crippen LogP contribution in [0.2, 0.25) is 0 Å². The third-order valence-electron chi connectivity index (χ3n) is 12.9. The average Bonchev–Trinajstić information content (AvgIpc) is 3.69. The van der Waals surface area contributed by atoms with Gasteiger partial charge in [-0.1, -0.05) is 164 Å². The summed E-state index contributed by atoms with van der Waals surface area (Å²) in [5.41, 5.74) is 13.2. The molecule has 11 aromatic rings. The predicted molar refractivity (Wildman–Crippen MR) is 257 cm³/mol. The number of aromatic nitrogens is 4. The minimum Gasteiger partial charge on any atom is -0.457 e. The summed E-state index contributed by atoms with van der Waals surface area (Å²) in [7, 11) is 0. The van der Waals surface area contributed by atoms with E-state index < -0.39 is 5.41 Å². The Morgan fingerprint density at radius 2 is 0.859 bits per heavy atom. The zero-order valence-corrected chi connectivity index (χ0v) is 34.5. The van der Waals surface area contributed by atoms with Crippen LogP contribution in [0.3, 0.4) is 0 Å². The summed E-state index contributed by atoms with van der Waals surface area (Å²) in [6.45, 7) is 0. The van der Waals surface area contributed by atoms with Gasteiger partial charge in [0.1, 0.15) is 11.5 Å². The van der Waals surface area contributed by atoms with E-state index in [0.29, 0.717) is 17.5 Å². The van der Waals surface area contributed by atoms with Crippen molar-refractivity contribution in [2.75, 3.05) is 4.90 Å². The van der Waals surface area contributed by atoms with Crippen molar-refractivity contribution < 1.29 is 4.74 Å². The first-order chi connectivity index (χ1) is 31.7. The molecule has 6 heteroatoms. The van der Waals surface area contributed by atoms with Crippen LogP contribution in [-0.2, 0) is 5.41 Å². The van der Waals surface area contributed by atoms with E-state index in [-0.39, 0.29) is 0 Å². The summed E-state index contributed by atoms with van der Waals surface area (Å²) in [6.07, 6.45) is 0. The molecule has 0 amide bonds. The molecule has 13 rings (SSSR count). The molecular weight excluding hydrogens is 783 g/mol. The van der Waals surface area contributed by atoms with Crippen LogP contribution >= 0.6 is 0 Å². The Labute approximate surface area is 370 Å². The molecule has 0 saturated heterocycles. The molecule has 0 N–H and O–H groups in total. The summed E-state index contributed by atoms with van der Waals surface area (Å²) in [5.74, 6) is 3.55. The van der Waals surface area contributed by atoms with Crippen molar-refractivity contribution in [2.24, 2.45) is 0 Å². The molecule has 0 bridgehead atoms. The Morgan fingerprint density at radius 1 is 0.344 bits per heavy atom. The molecule has 0 unspecified atom stereocenters. The lowest BCUT2D eigenvalue weighted by Gasteiger charge is -2.48. The van der Waals surface area contributed by atoms with Gasteiger partial charge in [-0.3, -0.25) is 0 Å². The largest absolute Gasteiger partial charge is 0.457 e. The highest BCUT2D eigenvalue weighted by molar-refractivity contribution is 6.10. The minimum atomic E-state index is -0.716. The van der Waals surface area contributed by atoms with Crippen LogP contribution in [0, 0.1) is 0 Å². The Kier molecular flexibility index (Phi) is 8.02. The number of fused-ring (bicyclic) bond motifs is 11. The number of nitrogens with zero attached hydrogens (tertiary/aromatic N) is 5. The van der Waals surface area contributed by atoms with E-state index in [1.54, 1.807) is 0 Å². The first-order valence-electron chi connectivity index (χ1n) is 21.6. The molecule has 4 heterocycles. The quantitative estimate of drug-likeness (QED) is 0.173. The molecule has 0 atom stereocenters. The van der Waals surface area contributed by atoms with Crippen LogP contribution in [0.1, 0.15) is 22.3 Å².